The van der Waals surface area contributed by atoms with Crippen molar-refractivity contribution in [1.29, 1.82) is 0 Å². The van der Waals surface area contributed by atoms with Crippen LogP contribution < -0.4 is 14.4 Å². The number of nitrogens with one attached hydrogen (secondary N) is 1. The lowest BCUT2D eigenvalue weighted by molar-refractivity contribution is 0.0940. The molecule has 7 heteroatoms. The van der Waals surface area contributed by atoms with Gasteiger partial charge in [0.2, 0.25) is 10.0 Å². The first-order valence-corrected chi connectivity index (χ1v) is 11.0. The van der Waals surface area contributed by atoms with E-state index in [0.717, 1.165) is 23.3 Å². The molecular formula is C21H26N2O4S. The number of aryl methyl sites for hydroxylation is 1. The first-order chi connectivity index (χ1) is 13.3. The molecular weight excluding hydrogens is 376 g/mol. The highest BCUT2D eigenvalue weighted by Crippen LogP contribution is 2.28. The molecule has 3 rings (SSSR count). The third-order valence-electron chi connectivity index (χ3n) is 5.05. The Bertz CT molecular complexity index is 955. The number of sulfonamides is 1. The molecule has 0 bridgehead atoms. The summed E-state index contributed by atoms with van der Waals surface area (Å²) in [5.74, 6) is 0.671. The lowest BCUT2D eigenvalue weighted by atomic mass is 10.1. The second-order valence-electron chi connectivity index (χ2n) is 7.06. The van der Waals surface area contributed by atoms with Crippen LogP contribution >= 0.6 is 0 Å². The molecule has 2 aromatic rings. The van der Waals surface area contributed by atoms with Gasteiger partial charge in [-0.05, 0) is 62.1 Å². The molecule has 150 valence electrons. The molecule has 1 fully saturated rings. The van der Waals surface area contributed by atoms with Crippen molar-refractivity contribution in [3.05, 3.63) is 59.2 Å². The summed E-state index contributed by atoms with van der Waals surface area (Å²) in [6.07, 6.45) is 1.50. The van der Waals surface area contributed by atoms with Gasteiger partial charge in [-0.25, -0.2) is 8.42 Å². The number of amides is 1. The Hall–Kier alpha value is -2.54. The van der Waals surface area contributed by atoms with E-state index in [1.165, 1.54) is 4.31 Å². The van der Waals surface area contributed by atoms with Crippen LogP contribution in [0, 0.1) is 6.92 Å². The average Bonchev–Trinajstić information content (AvgIpc) is 2.68. The first-order valence-electron chi connectivity index (χ1n) is 9.38. The fourth-order valence-electron chi connectivity index (χ4n) is 3.33. The number of hydrogen-bond donors (Lipinski definition) is 1. The normalized spacial score (nSPS) is 17.0. The molecule has 2 aromatic carbocycles. The molecule has 1 heterocycles. The number of methoxy groups -OCH3 is 1. The van der Waals surface area contributed by atoms with Gasteiger partial charge in [-0.15, -0.1) is 0 Å². The lowest BCUT2D eigenvalue weighted by Crippen LogP contribution is -2.38. The molecule has 1 unspecified atom stereocenters. The van der Waals surface area contributed by atoms with Gasteiger partial charge in [0, 0.05) is 12.1 Å². The molecule has 0 aliphatic carbocycles. The zero-order chi connectivity index (χ0) is 20.3. The molecule has 0 aromatic heterocycles. The number of anilines is 1. The third kappa shape index (κ3) is 4.30. The maximum absolute atomic E-state index is 12.8. The van der Waals surface area contributed by atoms with Gasteiger partial charge in [0.25, 0.3) is 5.91 Å². The highest BCUT2D eigenvalue weighted by Gasteiger charge is 2.27. The second kappa shape index (κ2) is 8.22. The summed E-state index contributed by atoms with van der Waals surface area (Å²) in [6, 6.07) is 12.5. The molecule has 1 N–H and O–H groups in total. The summed E-state index contributed by atoms with van der Waals surface area (Å²) >= 11 is 0. The standard InChI is InChI=1S/C21H26N2O4S/c1-15-6-7-18(14-20(15)23-12-4-5-13-28(23,25)26)21(24)22-16(2)17-8-10-19(27-3)11-9-17/h6-11,14,16H,4-5,12-13H2,1-3H3,(H,22,24). The van der Waals surface area contributed by atoms with Crippen LogP contribution in [0.4, 0.5) is 5.69 Å². The van der Waals surface area contributed by atoms with Crippen LogP contribution in [-0.4, -0.2) is 33.7 Å². The van der Waals surface area contributed by atoms with Gasteiger partial charge in [0.15, 0.2) is 0 Å². The van der Waals surface area contributed by atoms with Crippen LogP contribution in [0.1, 0.15) is 47.3 Å². The van der Waals surface area contributed by atoms with E-state index in [1.54, 1.807) is 25.3 Å². The number of benzene rings is 2. The van der Waals surface area contributed by atoms with Crippen molar-refractivity contribution < 1.29 is 17.9 Å². The molecule has 1 amide bonds. The fraction of sp³-hybridized carbons (Fsp3) is 0.381. The molecule has 0 saturated carbocycles. The van der Waals surface area contributed by atoms with Gasteiger partial charge in [0.05, 0.1) is 24.6 Å². The van der Waals surface area contributed by atoms with Gasteiger partial charge < -0.3 is 10.1 Å². The highest BCUT2D eigenvalue weighted by molar-refractivity contribution is 7.92. The van der Waals surface area contributed by atoms with Gasteiger partial charge in [-0.3, -0.25) is 9.10 Å². The van der Waals surface area contributed by atoms with Crippen molar-refractivity contribution in [3.8, 4) is 5.75 Å². The minimum absolute atomic E-state index is 0.150. The minimum Gasteiger partial charge on any atom is -0.497 e. The number of carbonyl (C=O) groups excluding carboxylic acids is 1. The molecule has 28 heavy (non-hydrogen) atoms. The van der Waals surface area contributed by atoms with Gasteiger partial charge in [0.1, 0.15) is 5.75 Å². The van der Waals surface area contributed by atoms with Gasteiger partial charge >= 0.3 is 0 Å². The lowest BCUT2D eigenvalue weighted by Gasteiger charge is -2.29. The summed E-state index contributed by atoms with van der Waals surface area (Å²) in [4.78, 5) is 12.8. The molecule has 1 atom stereocenters. The zero-order valence-electron chi connectivity index (χ0n) is 16.4. The molecule has 6 nitrogen and oxygen atoms in total. The molecule has 0 spiro atoms. The summed E-state index contributed by atoms with van der Waals surface area (Å²) in [7, 11) is -1.72. The quantitative estimate of drug-likeness (QED) is 0.831. The van der Waals surface area contributed by atoms with E-state index >= 15 is 0 Å². The maximum Gasteiger partial charge on any atom is 0.251 e. The first kappa shape index (κ1) is 20.2. The van der Waals surface area contributed by atoms with E-state index in [4.69, 9.17) is 4.74 Å². The van der Waals surface area contributed by atoms with Gasteiger partial charge in [-0.2, -0.15) is 0 Å². The third-order valence-corrected chi connectivity index (χ3v) is 6.91. The predicted octanol–water partition coefficient (Wildman–Crippen LogP) is 3.42. The molecule has 1 aliphatic heterocycles. The molecule has 0 radical (unpaired) electrons. The minimum atomic E-state index is -3.32. The topological polar surface area (TPSA) is 75.7 Å². The Morgan fingerprint density at radius 1 is 1.14 bits per heavy atom. The predicted molar refractivity (Wildman–Crippen MR) is 110 cm³/mol. The number of ether oxygens (including phenoxy) is 1. The van der Waals surface area contributed by atoms with Crippen molar-refractivity contribution in [2.45, 2.75) is 32.7 Å². The number of rotatable bonds is 5. The molecule has 1 aliphatic rings. The van der Waals surface area contributed by atoms with E-state index in [9.17, 15) is 13.2 Å². The molecule has 1 saturated heterocycles. The Kier molecular flexibility index (Phi) is 5.93. The summed E-state index contributed by atoms with van der Waals surface area (Å²) in [5, 5.41) is 2.97. The van der Waals surface area contributed by atoms with E-state index in [2.05, 4.69) is 5.32 Å². The number of nitrogens with zero attached hydrogens (tertiary/aromatic N) is 1. The van der Waals surface area contributed by atoms with Crippen molar-refractivity contribution in [2.24, 2.45) is 0 Å². The number of carbonyl (C=O) groups is 1. The Morgan fingerprint density at radius 3 is 2.50 bits per heavy atom. The highest BCUT2D eigenvalue weighted by atomic mass is 32.2. The number of hydrogen-bond acceptors (Lipinski definition) is 4. The van der Waals surface area contributed by atoms with E-state index < -0.39 is 10.0 Å². The van der Waals surface area contributed by atoms with Crippen LogP contribution in [0.3, 0.4) is 0 Å². The van der Waals surface area contributed by atoms with Crippen LogP contribution in [0.25, 0.3) is 0 Å². The zero-order valence-corrected chi connectivity index (χ0v) is 17.3. The van der Waals surface area contributed by atoms with Gasteiger partial charge in [-0.1, -0.05) is 18.2 Å². The van der Waals surface area contributed by atoms with Crippen molar-refractivity contribution in [2.75, 3.05) is 23.7 Å². The van der Waals surface area contributed by atoms with E-state index in [1.807, 2.05) is 38.1 Å². The Balaban J connectivity index is 1.80. The van der Waals surface area contributed by atoms with Crippen LogP contribution in [0.15, 0.2) is 42.5 Å². The van der Waals surface area contributed by atoms with Crippen LogP contribution in [0.5, 0.6) is 5.75 Å². The van der Waals surface area contributed by atoms with Crippen LogP contribution in [0.2, 0.25) is 0 Å². The Labute approximate surface area is 166 Å². The van der Waals surface area contributed by atoms with Crippen LogP contribution in [-0.2, 0) is 10.0 Å². The maximum atomic E-state index is 12.8. The van der Waals surface area contributed by atoms with Crippen molar-refractivity contribution >= 4 is 21.6 Å². The Morgan fingerprint density at radius 2 is 1.86 bits per heavy atom. The second-order valence-corrected chi connectivity index (χ2v) is 9.08. The smallest absolute Gasteiger partial charge is 0.251 e. The van der Waals surface area contributed by atoms with E-state index in [0.29, 0.717) is 24.2 Å². The largest absolute Gasteiger partial charge is 0.497 e. The summed E-state index contributed by atoms with van der Waals surface area (Å²) < 4.78 is 31.5. The average molecular weight is 403 g/mol. The monoisotopic (exact) mass is 402 g/mol. The van der Waals surface area contributed by atoms with Crippen molar-refractivity contribution in [1.82, 2.24) is 5.32 Å². The fourth-order valence-corrected chi connectivity index (χ4v) is 5.03. The van der Waals surface area contributed by atoms with E-state index in [-0.39, 0.29) is 17.7 Å². The van der Waals surface area contributed by atoms with Crippen molar-refractivity contribution in [3.63, 3.8) is 0 Å². The SMILES string of the molecule is COc1ccc(C(C)NC(=O)c2ccc(C)c(N3CCCCS3(=O)=O)c2)cc1. The summed E-state index contributed by atoms with van der Waals surface area (Å²) in [6.45, 7) is 4.22. The summed E-state index contributed by atoms with van der Waals surface area (Å²) in [5.41, 5.74) is 2.83.